The fourth-order valence-electron chi connectivity index (χ4n) is 3.14. The first-order valence-corrected chi connectivity index (χ1v) is 9.03. The van der Waals surface area contributed by atoms with E-state index in [-0.39, 0.29) is 36.8 Å². The third kappa shape index (κ3) is 5.61. The van der Waals surface area contributed by atoms with Crippen LogP contribution in [0.15, 0.2) is 54.9 Å². The Morgan fingerprint density at radius 3 is 2.69 bits per heavy atom. The number of fused-ring (bicyclic) bond motifs is 1. The van der Waals surface area contributed by atoms with Crippen molar-refractivity contribution in [1.82, 2.24) is 9.38 Å². The number of carbonyl (C=O) groups is 1. The lowest BCUT2D eigenvalue weighted by molar-refractivity contribution is -0.126. The molecule has 29 heavy (non-hydrogen) atoms. The molecule has 1 saturated heterocycles. The van der Waals surface area contributed by atoms with Crippen LogP contribution in [0.25, 0.3) is 5.65 Å². The summed E-state index contributed by atoms with van der Waals surface area (Å²) in [7, 11) is 0. The molecule has 0 saturated carbocycles. The Balaban J connectivity index is 0.00000150. The van der Waals surface area contributed by atoms with E-state index in [1.165, 1.54) is 0 Å². The minimum absolute atomic E-state index is 0. The summed E-state index contributed by atoms with van der Waals surface area (Å²) in [6, 6.07) is 13.1. The summed E-state index contributed by atoms with van der Waals surface area (Å²) >= 11 is 0. The Hall–Kier alpha value is -2.32. The van der Waals surface area contributed by atoms with Crippen LogP contribution in [0.3, 0.4) is 0 Å². The van der Waals surface area contributed by atoms with Crippen LogP contribution in [0.4, 0.5) is 5.69 Å². The van der Waals surface area contributed by atoms with Crippen LogP contribution in [0.5, 0.6) is 5.75 Å². The molecule has 0 aliphatic carbocycles. The van der Waals surface area contributed by atoms with E-state index < -0.39 is 6.10 Å². The molecule has 3 heterocycles. The molecule has 156 valence electrons. The lowest BCUT2D eigenvalue weighted by Gasteiger charge is -2.13. The highest BCUT2D eigenvalue weighted by molar-refractivity contribution is 5.94. The summed E-state index contributed by atoms with van der Waals surface area (Å²) in [5, 5.41) is 2.87. The average molecular weight is 439 g/mol. The number of rotatable bonds is 6. The number of aromatic nitrogens is 2. The van der Waals surface area contributed by atoms with Crippen LogP contribution >= 0.6 is 24.8 Å². The van der Waals surface area contributed by atoms with Crippen LogP contribution in [-0.4, -0.2) is 34.0 Å². The first-order valence-electron chi connectivity index (χ1n) is 9.03. The highest BCUT2D eigenvalue weighted by Crippen LogP contribution is 2.22. The van der Waals surface area contributed by atoms with E-state index in [1.54, 1.807) is 0 Å². The van der Waals surface area contributed by atoms with Crippen molar-refractivity contribution < 1.29 is 14.3 Å². The molecule has 1 aliphatic heterocycles. The normalized spacial score (nSPS) is 18.0. The molecular formula is C20H24Cl2N4O3. The van der Waals surface area contributed by atoms with Crippen molar-refractivity contribution in [3.63, 3.8) is 0 Å². The standard InChI is InChI=1S/C20H22N4O3.2ClH/c21-11-17-8-9-18(27-17)20(25)23-14-4-6-16(7-5-14)26-13-15-12-24-10-2-1-3-19(24)22-15;;/h1-7,10,12,17-18H,8-9,11,13,21H2,(H,23,25);2*1H/t17-,18+;;/m1../s1. The van der Waals surface area contributed by atoms with Crippen LogP contribution < -0.4 is 15.8 Å². The van der Waals surface area contributed by atoms with Gasteiger partial charge in [-0.3, -0.25) is 4.79 Å². The number of nitrogens with one attached hydrogen (secondary N) is 1. The summed E-state index contributed by atoms with van der Waals surface area (Å²) in [6.45, 7) is 0.825. The first-order chi connectivity index (χ1) is 13.2. The van der Waals surface area contributed by atoms with Crippen molar-refractivity contribution in [2.45, 2.75) is 31.7 Å². The molecule has 1 aromatic carbocycles. The molecule has 9 heteroatoms. The van der Waals surface area contributed by atoms with Gasteiger partial charge in [0, 0.05) is 24.6 Å². The predicted molar refractivity (Wildman–Crippen MR) is 116 cm³/mol. The van der Waals surface area contributed by atoms with Crippen molar-refractivity contribution in [2.24, 2.45) is 5.73 Å². The summed E-state index contributed by atoms with van der Waals surface area (Å²) in [5.41, 5.74) is 8.03. The lowest BCUT2D eigenvalue weighted by atomic mass is 10.2. The number of anilines is 1. The van der Waals surface area contributed by atoms with Crippen LogP contribution in [0.2, 0.25) is 0 Å². The zero-order valence-corrected chi connectivity index (χ0v) is 17.3. The zero-order valence-electron chi connectivity index (χ0n) is 15.7. The number of ether oxygens (including phenoxy) is 2. The van der Waals surface area contributed by atoms with Gasteiger partial charge in [-0.2, -0.15) is 0 Å². The summed E-state index contributed by atoms with van der Waals surface area (Å²) in [4.78, 5) is 16.7. The smallest absolute Gasteiger partial charge is 0.253 e. The highest BCUT2D eigenvalue weighted by Gasteiger charge is 2.29. The quantitative estimate of drug-likeness (QED) is 0.616. The second kappa shape index (κ2) is 10.5. The molecule has 2 atom stereocenters. The van der Waals surface area contributed by atoms with Gasteiger partial charge in [0.25, 0.3) is 5.91 Å². The molecular weight excluding hydrogens is 415 g/mol. The number of imidazole rings is 1. The second-order valence-electron chi connectivity index (χ2n) is 6.56. The molecule has 1 amide bonds. The van der Waals surface area contributed by atoms with E-state index in [0.29, 0.717) is 31.0 Å². The van der Waals surface area contributed by atoms with Gasteiger partial charge in [0.1, 0.15) is 24.1 Å². The fraction of sp³-hybridized carbons (Fsp3) is 0.300. The minimum Gasteiger partial charge on any atom is -0.487 e. The molecule has 3 N–H and O–H groups in total. The Labute approximate surface area is 181 Å². The predicted octanol–water partition coefficient (Wildman–Crippen LogP) is 3.20. The Kier molecular flexibility index (Phi) is 8.28. The van der Waals surface area contributed by atoms with Gasteiger partial charge >= 0.3 is 0 Å². The van der Waals surface area contributed by atoms with Gasteiger partial charge in [-0.1, -0.05) is 6.07 Å². The molecule has 0 spiro atoms. The minimum atomic E-state index is -0.426. The van der Waals surface area contributed by atoms with E-state index in [2.05, 4.69) is 10.3 Å². The molecule has 0 unspecified atom stereocenters. The number of nitrogens with two attached hydrogens (primary N) is 1. The number of halogens is 2. The molecule has 4 rings (SSSR count). The molecule has 3 aromatic rings. The summed E-state index contributed by atoms with van der Waals surface area (Å²) in [6.07, 6.45) is 4.98. The highest BCUT2D eigenvalue weighted by atomic mass is 35.5. The van der Waals surface area contributed by atoms with E-state index in [1.807, 2.05) is 59.3 Å². The molecule has 0 bridgehead atoms. The molecule has 1 fully saturated rings. The number of benzene rings is 1. The number of hydrogen-bond acceptors (Lipinski definition) is 5. The van der Waals surface area contributed by atoms with Gasteiger partial charge in [0.15, 0.2) is 0 Å². The van der Waals surface area contributed by atoms with Gasteiger partial charge in [-0.15, -0.1) is 24.8 Å². The topological polar surface area (TPSA) is 90.9 Å². The summed E-state index contributed by atoms with van der Waals surface area (Å²) < 4.78 is 13.3. The molecule has 2 aromatic heterocycles. The maximum atomic E-state index is 12.2. The molecule has 1 aliphatic rings. The van der Waals surface area contributed by atoms with Gasteiger partial charge in [0.05, 0.1) is 11.8 Å². The largest absolute Gasteiger partial charge is 0.487 e. The second-order valence-corrected chi connectivity index (χ2v) is 6.56. The van der Waals surface area contributed by atoms with E-state index in [0.717, 1.165) is 17.8 Å². The Morgan fingerprint density at radius 2 is 2.00 bits per heavy atom. The zero-order chi connectivity index (χ0) is 18.6. The van der Waals surface area contributed by atoms with Crippen molar-refractivity contribution in [2.75, 3.05) is 11.9 Å². The number of nitrogens with zero attached hydrogens (tertiary/aromatic N) is 2. The maximum absolute atomic E-state index is 12.2. The SMILES string of the molecule is Cl.Cl.NC[C@H]1CC[C@@H](C(=O)Nc2ccc(OCc3cn4ccccc4n3)cc2)O1. The van der Waals surface area contributed by atoms with Gasteiger partial charge < -0.3 is 24.9 Å². The van der Waals surface area contributed by atoms with Crippen molar-refractivity contribution >= 4 is 42.1 Å². The van der Waals surface area contributed by atoms with E-state index in [9.17, 15) is 4.79 Å². The average Bonchev–Trinajstić information content (AvgIpc) is 3.34. The monoisotopic (exact) mass is 438 g/mol. The first kappa shape index (κ1) is 23.0. The number of pyridine rings is 1. The van der Waals surface area contributed by atoms with Gasteiger partial charge in [0.2, 0.25) is 0 Å². The van der Waals surface area contributed by atoms with E-state index >= 15 is 0 Å². The number of carbonyl (C=O) groups excluding carboxylic acids is 1. The third-order valence-electron chi connectivity index (χ3n) is 4.59. The molecule has 0 radical (unpaired) electrons. The number of amides is 1. The number of hydrogen-bond donors (Lipinski definition) is 2. The van der Waals surface area contributed by atoms with Gasteiger partial charge in [-0.05, 0) is 49.2 Å². The third-order valence-corrected chi connectivity index (χ3v) is 4.59. The van der Waals surface area contributed by atoms with Crippen molar-refractivity contribution in [3.8, 4) is 5.75 Å². The fourth-order valence-corrected chi connectivity index (χ4v) is 3.14. The maximum Gasteiger partial charge on any atom is 0.253 e. The van der Waals surface area contributed by atoms with Crippen molar-refractivity contribution in [3.05, 3.63) is 60.6 Å². The molecule has 7 nitrogen and oxygen atoms in total. The Morgan fingerprint density at radius 1 is 1.21 bits per heavy atom. The van der Waals surface area contributed by atoms with Crippen LogP contribution in [0.1, 0.15) is 18.5 Å². The van der Waals surface area contributed by atoms with Crippen LogP contribution in [-0.2, 0) is 16.1 Å². The van der Waals surface area contributed by atoms with Crippen LogP contribution in [0, 0.1) is 0 Å². The lowest BCUT2D eigenvalue weighted by Crippen LogP contribution is -2.29. The summed E-state index contributed by atoms with van der Waals surface area (Å²) in [5.74, 6) is 0.578. The Bertz CT molecular complexity index is 900. The van der Waals surface area contributed by atoms with Crippen molar-refractivity contribution in [1.29, 1.82) is 0 Å². The van der Waals surface area contributed by atoms with Gasteiger partial charge in [-0.25, -0.2) is 4.98 Å². The van der Waals surface area contributed by atoms with E-state index in [4.69, 9.17) is 15.2 Å².